The predicted molar refractivity (Wildman–Crippen MR) is 105 cm³/mol. The van der Waals surface area contributed by atoms with Crippen molar-refractivity contribution in [2.24, 2.45) is 0 Å². The van der Waals surface area contributed by atoms with Crippen molar-refractivity contribution in [3.8, 4) is 5.75 Å². The molecule has 0 saturated carbocycles. The number of ether oxygens (including phenoxy) is 1. The van der Waals surface area contributed by atoms with Crippen LogP contribution in [0, 0.1) is 6.92 Å². The molecule has 0 radical (unpaired) electrons. The van der Waals surface area contributed by atoms with E-state index in [1.165, 1.54) is 4.90 Å². The zero-order valence-corrected chi connectivity index (χ0v) is 16.2. The predicted octanol–water partition coefficient (Wildman–Crippen LogP) is 2.80. The molecule has 0 atom stereocenters. The van der Waals surface area contributed by atoms with E-state index in [1.54, 1.807) is 36.2 Å². The Balaban J connectivity index is 1.52. The van der Waals surface area contributed by atoms with E-state index in [0.717, 1.165) is 16.9 Å². The molecule has 28 heavy (non-hydrogen) atoms. The number of likely N-dealkylation sites (tertiary alicyclic amines) is 1. The second kappa shape index (κ2) is 8.69. The number of nitrogens with zero attached hydrogens (tertiary/aromatic N) is 2. The molecule has 0 aliphatic carbocycles. The fraction of sp³-hybridized carbons (Fsp3) is 0.318. The van der Waals surface area contributed by atoms with Crippen molar-refractivity contribution in [3.05, 3.63) is 65.2 Å². The molecule has 3 rings (SSSR count). The minimum absolute atomic E-state index is 0.104. The van der Waals surface area contributed by atoms with Crippen LogP contribution in [0.25, 0.3) is 0 Å². The molecular formula is C22H24N2O4. The lowest BCUT2D eigenvalue weighted by atomic mass is 10.1. The van der Waals surface area contributed by atoms with Crippen molar-refractivity contribution in [2.75, 3.05) is 20.2 Å². The number of hydrogen-bond acceptors (Lipinski definition) is 4. The molecule has 1 aliphatic rings. The van der Waals surface area contributed by atoms with Crippen LogP contribution in [-0.2, 0) is 16.1 Å². The molecule has 0 spiro atoms. The molecular weight excluding hydrogens is 356 g/mol. The summed E-state index contributed by atoms with van der Waals surface area (Å²) in [5, 5.41) is 0. The molecule has 6 nitrogen and oxygen atoms in total. The molecule has 2 aromatic rings. The maximum Gasteiger partial charge on any atom is 0.253 e. The third-order valence-electron chi connectivity index (χ3n) is 4.73. The highest BCUT2D eigenvalue weighted by Crippen LogP contribution is 2.17. The molecule has 1 aliphatic heterocycles. The summed E-state index contributed by atoms with van der Waals surface area (Å²) in [5.74, 6) is 0.404. The number of imide groups is 1. The number of aryl methyl sites for hydroxylation is 1. The first-order valence-electron chi connectivity index (χ1n) is 9.31. The minimum atomic E-state index is -0.140. The molecule has 2 aromatic carbocycles. The Labute approximate surface area is 164 Å². The fourth-order valence-electron chi connectivity index (χ4n) is 3.06. The lowest BCUT2D eigenvalue weighted by molar-refractivity contribution is -0.139. The van der Waals surface area contributed by atoms with Crippen molar-refractivity contribution in [1.29, 1.82) is 0 Å². The van der Waals surface area contributed by atoms with Crippen LogP contribution in [0.3, 0.4) is 0 Å². The smallest absolute Gasteiger partial charge is 0.253 e. The van der Waals surface area contributed by atoms with E-state index in [4.69, 9.17) is 4.74 Å². The van der Waals surface area contributed by atoms with E-state index in [0.29, 0.717) is 18.7 Å². The van der Waals surface area contributed by atoms with Crippen LogP contribution in [-0.4, -0.2) is 47.7 Å². The SMILES string of the molecule is Cc1cccc(OCCN(C)C(=O)c2ccc(CN3C(=O)CCC3=O)cc2)c1. The minimum Gasteiger partial charge on any atom is -0.492 e. The van der Waals surface area contributed by atoms with Crippen molar-refractivity contribution < 1.29 is 19.1 Å². The van der Waals surface area contributed by atoms with Crippen molar-refractivity contribution >= 4 is 17.7 Å². The van der Waals surface area contributed by atoms with E-state index >= 15 is 0 Å². The third-order valence-corrected chi connectivity index (χ3v) is 4.73. The second-order valence-electron chi connectivity index (χ2n) is 6.96. The highest BCUT2D eigenvalue weighted by atomic mass is 16.5. The zero-order valence-electron chi connectivity index (χ0n) is 16.2. The van der Waals surface area contributed by atoms with Gasteiger partial charge in [0.1, 0.15) is 12.4 Å². The second-order valence-corrected chi connectivity index (χ2v) is 6.96. The van der Waals surface area contributed by atoms with Crippen LogP contribution < -0.4 is 4.74 Å². The van der Waals surface area contributed by atoms with Gasteiger partial charge >= 0.3 is 0 Å². The van der Waals surface area contributed by atoms with Gasteiger partial charge in [-0.3, -0.25) is 19.3 Å². The van der Waals surface area contributed by atoms with Crippen LogP contribution in [0.15, 0.2) is 48.5 Å². The Kier molecular flexibility index (Phi) is 6.09. The van der Waals surface area contributed by atoms with Gasteiger partial charge in [0, 0.05) is 25.5 Å². The Morgan fingerprint density at radius 3 is 2.39 bits per heavy atom. The first-order valence-corrected chi connectivity index (χ1v) is 9.31. The molecule has 1 fully saturated rings. The Morgan fingerprint density at radius 2 is 1.75 bits per heavy atom. The fourth-order valence-corrected chi connectivity index (χ4v) is 3.06. The van der Waals surface area contributed by atoms with Gasteiger partial charge < -0.3 is 9.64 Å². The van der Waals surface area contributed by atoms with E-state index in [1.807, 2.05) is 31.2 Å². The van der Waals surface area contributed by atoms with Gasteiger partial charge in [-0.15, -0.1) is 0 Å². The third kappa shape index (κ3) is 4.76. The summed E-state index contributed by atoms with van der Waals surface area (Å²) in [6, 6.07) is 14.8. The number of rotatable bonds is 7. The number of carbonyl (C=O) groups excluding carboxylic acids is 3. The lowest BCUT2D eigenvalue weighted by Crippen LogP contribution is -2.31. The van der Waals surface area contributed by atoms with Crippen molar-refractivity contribution in [1.82, 2.24) is 9.80 Å². The summed E-state index contributed by atoms with van der Waals surface area (Å²) in [6.45, 7) is 3.13. The van der Waals surface area contributed by atoms with E-state index in [9.17, 15) is 14.4 Å². The molecule has 0 N–H and O–H groups in total. The molecule has 6 heteroatoms. The topological polar surface area (TPSA) is 66.9 Å². The summed E-state index contributed by atoms with van der Waals surface area (Å²) in [7, 11) is 1.73. The van der Waals surface area contributed by atoms with Crippen LogP contribution in [0.4, 0.5) is 0 Å². The molecule has 1 saturated heterocycles. The first-order chi connectivity index (χ1) is 13.4. The van der Waals surface area contributed by atoms with Gasteiger partial charge in [-0.05, 0) is 42.3 Å². The van der Waals surface area contributed by atoms with Crippen molar-refractivity contribution in [2.45, 2.75) is 26.3 Å². The monoisotopic (exact) mass is 380 g/mol. The maximum atomic E-state index is 12.6. The largest absolute Gasteiger partial charge is 0.492 e. The normalized spacial score (nSPS) is 13.7. The maximum absolute atomic E-state index is 12.6. The van der Waals surface area contributed by atoms with Gasteiger partial charge in [0.25, 0.3) is 5.91 Å². The number of carbonyl (C=O) groups is 3. The van der Waals surface area contributed by atoms with E-state index in [2.05, 4.69) is 0 Å². The summed E-state index contributed by atoms with van der Waals surface area (Å²) in [5.41, 5.74) is 2.51. The van der Waals surface area contributed by atoms with Crippen LogP contribution in [0.5, 0.6) is 5.75 Å². The number of likely N-dealkylation sites (N-methyl/N-ethyl adjacent to an activating group) is 1. The van der Waals surface area contributed by atoms with Crippen LogP contribution >= 0.6 is 0 Å². The van der Waals surface area contributed by atoms with E-state index < -0.39 is 0 Å². The van der Waals surface area contributed by atoms with Crippen LogP contribution in [0.1, 0.15) is 34.3 Å². The molecule has 1 heterocycles. The molecule has 0 aromatic heterocycles. The highest BCUT2D eigenvalue weighted by molar-refractivity contribution is 6.01. The molecule has 3 amide bonds. The Hall–Kier alpha value is -3.15. The summed E-state index contributed by atoms with van der Waals surface area (Å²) >= 11 is 0. The molecule has 0 unspecified atom stereocenters. The summed E-state index contributed by atoms with van der Waals surface area (Å²) in [4.78, 5) is 38.8. The van der Waals surface area contributed by atoms with Crippen molar-refractivity contribution in [3.63, 3.8) is 0 Å². The molecule has 0 bridgehead atoms. The van der Waals surface area contributed by atoms with Gasteiger partial charge in [0.2, 0.25) is 11.8 Å². The number of amides is 3. The molecule has 146 valence electrons. The van der Waals surface area contributed by atoms with Crippen LogP contribution in [0.2, 0.25) is 0 Å². The summed E-state index contributed by atoms with van der Waals surface area (Å²) < 4.78 is 5.69. The van der Waals surface area contributed by atoms with E-state index in [-0.39, 0.29) is 37.1 Å². The standard InChI is InChI=1S/C22H24N2O4/c1-16-4-3-5-19(14-16)28-13-12-23(2)22(27)18-8-6-17(7-9-18)15-24-20(25)10-11-21(24)26/h3-9,14H,10-13,15H2,1-2H3. The van der Waals surface area contributed by atoms with Gasteiger partial charge in [-0.25, -0.2) is 0 Å². The first kappa shape index (κ1) is 19.6. The Bertz CT molecular complexity index is 860. The zero-order chi connectivity index (χ0) is 20.1. The van der Waals surface area contributed by atoms with Gasteiger partial charge in [-0.2, -0.15) is 0 Å². The van der Waals surface area contributed by atoms with Gasteiger partial charge in [0.05, 0.1) is 13.1 Å². The average molecular weight is 380 g/mol. The Morgan fingerprint density at radius 1 is 1.07 bits per heavy atom. The van der Waals surface area contributed by atoms with Gasteiger partial charge in [-0.1, -0.05) is 24.3 Å². The number of benzene rings is 2. The quantitative estimate of drug-likeness (QED) is 0.693. The number of hydrogen-bond donors (Lipinski definition) is 0. The summed E-state index contributed by atoms with van der Waals surface area (Å²) in [6.07, 6.45) is 0.565. The van der Waals surface area contributed by atoms with Gasteiger partial charge in [0.15, 0.2) is 0 Å². The highest BCUT2D eigenvalue weighted by Gasteiger charge is 2.28. The average Bonchev–Trinajstić information content (AvgIpc) is 3.00. The lowest BCUT2D eigenvalue weighted by Gasteiger charge is -2.18.